The summed E-state index contributed by atoms with van der Waals surface area (Å²) in [5.41, 5.74) is 7.59. The summed E-state index contributed by atoms with van der Waals surface area (Å²) in [5.74, 6) is -0.218. The van der Waals surface area contributed by atoms with Gasteiger partial charge >= 0.3 is 0 Å². The van der Waals surface area contributed by atoms with Crippen LogP contribution >= 0.6 is 43.5 Å². The minimum absolute atomic E-state index is 0.215. The van der Waals surface area contributed by atoms with Gasteiger partial charge in [-0.05, 0) is 50.1 Å². The van der Waals surface area contributed by atoms with Gasteiger partial charge in [-0.3, -0.25) is 4.57 Å². The van der Waals surface area contributed by atoms with Crippen LogP contribution in [0.4, 0.5) is 10.3 Å². The zero-order valence-corrected chi connectivity index (χ0v) is 13.7. The smallest absolute Gasteiger partial charge is 0.207 e. The average molecular weight is 420 g/mol. The molecule has 3 rings (SSSR count). The maximum atomic E-state index is 13.3. The third-order valence-electron chi connectivity index (χ3n) is 2.70. The van der Waals surface area contributed by atoms with E-state index >= 15 is 0 Å². The van der Waals surface area contributed by atoms with E-state index in [1.807, 2.05) is 0 Å². The van der Waals surface area contributed by atoms with Gasteiger partial charge < -0.3 is 5.73 Å². The van der Waals surface area contributed by atoms with Crippen molar-refractivity contribution in [2.75, 3.05) is 5.73 Å². The Labute approximate surface area is 135 Å². The standard InChI is InChI=1S/C12H6Br2ClFN4/c13-5-1-9-11(18-4-5)20(12(17)19-9)10-7(14)2-6(16)3-8(10)15/h1-4H,(H2,17,19). The number of aromatic nitrogens is 3. The predicted molar refractivity (Wildman–Crippen MR) is 83.6 cm³/mol. The molecular weight excluding hydrogens is 414 g/mol. The highest BCUT2D eigenvalue weighted by atomic mass is 79.9. The van der Waals surface area contributed by atoms with Crippen LogP contribution in [0.25, 0.3) is 16.9 Å². The van der Waals surface area contributed by atoms with Gasteiger partial charge in [-0.25, -0.2) is 14.4 Å². The van der Waals surface area contributed by atoms with Crippen LogP contribution in [-0.4, -0.2) is 14.5 Å². The van der Waals surface area contributed by atoms with E-state index in [2.05, 4.69) is 41.8 Å². The SMILES string of the molecule is Nc1nc2cc(Br)cnc2n1-c1c(Cl)cc(F)cc1Br. The Bertz CT molecular complexity index is 811. The number of nitrogens with two attached hydrogens (primary N) is 1. The van der Waals surface area contributed by atoms with Crippen molar-refractivity contribution in [2.45, 2.75) is 0 Å². The molecule has 20 heavy (non-hydrogen) atoms. The van der Waals surface area contributed by atoms with Crippen LogP contribution in [0.2, 0.25) is 5.02 Å². The second kappa shape index (κ2) is 4.98. The van der Waals surface area contributed by atoms with Crippen molar-refractivity contribution in [1.29, 1.82) is 0 Å². The van der Waals surface area contributed by atoms with Gasteiger partial charge in [0, 0.05) is 15.1 Å². The fourth-order valence-corrected chi connectivity index (χ4v) is 3.26. The third-order valence-corrected chi connectivity index (χ3v) is 4.02. The largest absolute Gasteiger partial charge is 0.369 e. The van der Waals surface area contributed by atoms with Gasteiger partial charge in [-0.2, -0.15) is 0 Å². The molecule has 0 aliphatic heterocycles. The number of nitrogen functional groups attached to an aromatic ring is 1. The lowest BCUT2D eigenvalue weighted by Crippen LogP contribution is -2.03. The van der Waals surface area contributed by atoms with E-state index in [4.69, 9.17) is 17.3 Å². The summed E-state index contributed by atoms with van der Waals surface area (Å²) in [6.45, 7) is 0. The Kier molecular flexibility index (Phi) is 3.43. The van der Waals surface area contributed by atoms with Crippen LogP contribution < -0.4 is 5.73 Å². The Morgan fingerprint density at radius 2 is 2.00 bits per heavy atom. The van der Waals surface area contributed by atoms with Gasteiger partial charge in [0.15, 0.2) is 5.65 Å². The Hall–Kier alpha value is -1.18. The molecule has 0 saturated heterocycles. The maximum Gasteiger partial charge on any atom is 0.207 e. The summed E-state index contributed by atoms with van der Waals surface area (Å²) in [4.78, 5) is 8.51. The molecule has 2 N–H and O–H groups in total. The third kappa shape index (κ3) is 2.19. The first-order chi connectivity index (χ1) is 9.47. The number of anilines is 1. The van der Waals surface area contributed by atoms with E-state index in [0.29, 0.717) is 21.3 Å². The van der Waals surface area contributed by atoms with Crippen molar-refractivity contribution in [3.05, 3.63) is 44.2 Å². The molecule has 102 valence electrons. The number of halogens is 4. The van der Waals surface area contributed by atoms with Crippen LogP contribution in [0, 0.1) is 5.82 Å². The normalized spacial score (nSPS) is 11.2. The number of imidazole rings is 1. The molecule has 0 saturated carbocycles. The highest BCUT2D eigenvalue weighted by Crippen LogP contribution is 2.34. The summed E-state index contributed by atoms with van der Waals surface area (Å²) >= 11 is 12.7. The number of rotatable bonds is 1. The van der Waals surface area contributed by atoms with Gasteiger partial charge in [0.2, 0.25) is 5.95 Å². The quantitative estimate of drug-likeness (QED) is 0.638. The Morgan fingerprint density at radius 1 is 1.25 bits per heavy atom. The first-order valence-electron chi connectivity index (χ1n) is 5.42. The van der Waals surface area contributed by atoms with E-state index in [1.54, 1.807) is 16.8 Å². The minimum Gasteiger partial charge on any atom is -0.369 e. The fraction of sp³-hybridized carbons (Fsp3) is 0. The van der Waals surface area contributed by atoms with Gasteiger partial charge in [0.1, 0.15) is 11.3 Å². The van der Waals surface area contributed by atoms with Crippen LogP contribution in [0.5, 0.6) is 0 Å². The van der Waals surface area contributed by atoms with E-state index < -0.39 is 5.82 Å². The van der Waals surface area contributed by atoms with E-state index in [9.17, 15) is 4.39 Å². The van der Waals surface area contributed by atoms with Crippen LogP contribution in [0.15, 0.2) is 33.3 Å². The number of nitrogens with zero attached hydrogens (tertiary/aromatic N) is 3. The maximum absolute atomic E-state index is 13.3. The topological polar surface area (TPSA) is 56.7 Å². The number of pyridine rings is 1. The molecule has 0 spiro atoms. The molecule has 2 heterocycles. The molecule has 2 aromatic heterocycles. The lowest BCUT2D eigenvalue weighted by Gasteiger charge is -2.10. The van der Waals surface area contributed by atoms with Crippen molar-refractivity contribution in [2.24, 2.45) is 0 Å². The molecule has 0 bridgehead atoms. The van der Waals surface area contributed by atoms with Crippen LogP contribution in [0.1, 0.15) is 0 Å². The Morgan fingerprint density at radius 3 is 2.70 bits per heavy atom. The van der Waals surface area contributed by atoms with E-state index in [-0.39, 0.29) is 11.0 Å². The molecule has 0 fully saturated rings. The number of hydrogen-bond acceptors (Lipinski definition) is 3. The van der Waals surface area contributed by atoms with Gasteiger partial charge in [-0.15, -0.1) is 0 Å². The van der Waals surface area contributed by atoms with Crippen LogP contribution in [0.3, 0.4) is 0 Å². The zero-order chi connectivity index (χ0) is 14.4. The molecule has 0 aliphatic carbocycles. The summed E-state index contributed by atoms with van der Waals surface area (Å²) in [5, 5.41) is 0.215. The molecule has 3 aromatic rings. The summed E-state index contributed by atoms with van der Waals surface area (Å²) < 4.78 is 16.2. The molecule has 0 radical (unpaired) electrons. The lowest BCUT2D eigenvalue weighted by atomic mass is 10.3. The molecule has 0 unspecified atom stereocenters. The van der Waals surface area contributed by atoms with Crippen molar-refractivity contribution in [3.63, 3.8) is 0 Å². The highest BCUT2D eigenvalue weighted by Gasteiger charge is 2.17. The molecule has 0 amide bonds. The van der Waals surface area contributed by atoms with Crippen molar-refractivity contribution >= 4 is 60.6 Å². The highest BCUT2D eigenvalue weighted by molar-refractivity contribution is 9.10. The first-order valence-corrected chi connectivity index (χ1v) is 7.38. The number of fused-ring (bicyclic) bond motifs is 1. The molecule has 0 atom stereocenters. The summed E-state index contributed by atoms with van der Waals surface area (Å²) in [7, 11) is 0. The lowest BCUT2D eigenvalue weighted by molar-refractivity contribution is 0.626. The van der Waals surface area contributed by atoms with Crippen LogP contribution in [-0.2, 0) is 0 Å². The number of hydrogen-bond donors (Lipinski definition) is 1. The minimum atomic E-state index is -0.440. The second-order valence-electron chi connectivity index (χ2n) is 4.02. The number of benzene rings is 1. The zero-order valence-electron chi connectivity index (χ0n) is 9.74. The van der Waals surface area contributed by atoms with Gasteiger partial charge in [0.05, 0.1) is 10.7 Å². The van der Waals surface area contributed by atoms with Gasteiger partial charge in [-0.1, -0.05) is 11.6 Å². The first kappa shape index (κ1) is 13.8. The van der Waals surface area contributed by atoms with Gasteiger partial charge in [0.25, 0.3) is 0 Å². The molecule has 4 nitrogen and oxygen atoms in total. The van der Waals surface area contributed by atoms with Crippen molar-refractivity contribution in [1.82, 2.24) is 14.5 Å². The Balaban J connectivity index is 2.38. The average Bonchev–Trinajstić information content (AvgIpc) is 2.64. The molecular formula is C12H6Br2ClFN4. The summed E-state index contributed by atoms with van der Waals surface area (Å²) in [6.07, 6.45) is 1.63. The van der Waals surface area contributed by atoms with E-state index in [1.165, 1.54) is 12.1 Å². The van der Waals surface area contributed by atoms with Crippen molar-refractivity contribution < 1.29 is 4.39 Å². The molecule has 0 aliphatic rings. The van der Waals surface area contributed by atoms with Crippen molar-refractivity contribution in [3.8, 4) is 5.69 Å². The molecule has 8 heteroatoms. The predicted octanol–water partition coefficient (Wildman–Crippen LogP) is 4.32. The monoisotopic (exact) mass is 418 g/mol. The van der Waals surface area contributed by atoms with E-state index in [0.717, 1.165) is 4.47 Å². The fourth-order valence-electron chi connectivity index (χ4n) is 1.93. The summed E-state index contributed by atoms with van der Waals surface area (Å²) in [6, 6.07) is 4.32. The molecule has 1 aromatic carbocycles. The second-order valence-corrected chi connectivity index (χ2v) is 6.20.